The first-order valence-electron chi connectivity index (χ1n) is 7.23. The van der Waals surface area contributed by atoms with Crippen LogP contribution in [-0.2, 0) is 17.9 Å². The molecule has 7 heteroatoms. The first-order valence-corrected chi connectivity index (χ1v) is 8.40. The molecular formula is C17H18BrClN2O3. The number of primary amides is 1. The highest BCUT2D eigenvalue weighted by Crippen LogP contribution is 2.36. The fraction of sp³-hybridized carbons (Fsp3) is 0.235. The molecule has 2 aromatic carbocycles. The van der Waals surface area contributed by atoms with Crippen molar-refractivity contribution in [2.24, 2.45) is 5.73 Å². The fourth-order valence-electron chi connectivity index (χ4n) is 2.14. The summed E-state index contributed by atoms with van der Waals surface area (Å²) in [4.78, 5) is 10.9. The van der Waals surface area contributed by atoms with E-state index in [-0.39, 0.29) is 6.61 Å². The Hall–Kier alpha value is -1.76. The van der Waals surface area contributed by atoms with Crippen LogP contribution in [0.4, 0.5) is 0 Å². The van der Waals surface area contributed by atoms with Gasteiger partial charge >= 0.3 is 0 Å². The molecular weight excluding hydrogens is 396 g/mol. The van der Waals surface area contributed by atoms with Gasteiger partial charge < -0.3 is 20.5 Å². The Morgan fingerprint density at radius 2 is 2.04 bits per heavy atom. The Balaban J connectivity index is 2.04. The molecule has 0 aliphatic carbocycles. The molecule has 3 N–H and O–H groups in total. The van der Waals surface area contributed by atoms with Crippen LogP contribution >= 0.6 is 27.5 Å². The number of amides is 1. The third-order valence-corrected chi connectivity index (χ3v) is 4.21. The van der Waals surface area contributed by atoms with Gasteiger partial charge in [0, 0.05) is 18.1 Å². The Labute approximate surface area is 154 Å². The predicted octanol–water partition coefficient (Wildman–Crippen LogP) is 3.27. The van der Waals surface area contributed by atoms with Gasteiger partial charge in [-0.3, -0.25) is 4.79 Å². The minimum absolute atomic E-state index is 0.209. The van der Waals surface area contributed by atoms with Crippen molar-refractivity contribution in [1.82, 2.24) is 5.32 Å². The van der Waals surface area contributed by atoms with Crippen LogP contribution in [0.3, 0.4) is 0 Å². The summed E-state index contributed by atoms with van der Waals surface area (Å²) in [5, 5.41) is 4.07. The molecule has 0 unspecified atom stereocenters. The second kappa shape index (κ2) is 8.92. The van der Waals surface area contributed by atoms with Gasteiger partial charge in [0.15, 0.2) is 18.1 Å². The van der Waals surface area contributed by atoms with Crippen LogP contribution in [0.25, 0.3) is 0 Å². The lowest BCUT2D eigenvalue weighted by atomic mass is 10.2. The van der Waals surface area contributed by atoms with Gasteiger partial charge in [-0.2, -0.15) is 0 Å². The van der Waals surface area contributed by atoms with Gasteiger partial charge in [-0.15, -0.1) is 0 Å². The summed E-state index contributed by atoms with van der Waals surface area (Å²) in [6.45, 7) is 1.06. The lowest BCUT2D eigenvalue weighted by Crippen LogP contribution is -2.20. The van der Waals surface area contributed by atoms with E-state index in [0.717, 1.165) is 16.1 Å². The van der Waals surface area contributed by atoms with Crippen molar-refractivity contribution < 1.29 is 14.3 Å². The van der Waals surface area contributed by atoms with Crippen LogP contribution in [0.1, 0.15) is 11.1 Å². The molecule has 24 heavy (non-hydrogen) atoms. The van der Waals surface area contributed by atoms with Crippen molar-refractivity contribution in [3.05, 3.63) is 57.0 Å². The molecule has 0 radical (unpaired) electrons. The summed E-state index contributed by atoms with van der Waals surface area (Å²) >= 11 is 9.57. The molecule has 0 aliphatic heterocycles. The number of nitrogens with two attached hydrogens (primary N) is 1. The number of hydrogen-bond acceptors (Lipinski definition) is 4. The zero-order valence-corrected chi connectivity index (χ0v) is 15.5. The molecule has 0 aromatic heterocycles. The summed E-state index contributed by atoms with van der Waals surface area (Å²) in [5.74, 6) is 0.431. The third-order valence-electron chi connectivity index (χ3n) is 3.25. The minimum atomic E-state index is -0.547. The zero-order valence-electron chi connectivity index (χ0n) is 13.1. The SMILES string of the molecule is COc1cc(CNCc2ccccc2Cl)cc(Br)c1OCC(N)=O. The van der Waals surface area contributed by atoms with Crippen molar-refractivity contribution >= 4 is 33.4 Å². The summed E-state index contributed by atoms with van der Waals surface area (Å²) in [5.41, 5.74) is 7.14. The number of hydrogen-bond donors (Lipinski definition) is 2. The molecule has 0 fully saturated rings. The predicted molar refractivity (Wildman–Crippen MR) is 97.4 cm³/mol. The Kier molecular flexibility index (Phi) is 6.90. The van der Waals surface area contributed by atoms with Gasteiger partial charge in [0.05, 0.1) is 11.6 Å². The second-order valence-corrected chi connectivity index (χ2v) is 6.32. The van der Waals surface area contributed by atoms with E-state index < -0.39 is 5.91 Å². The molecule has 0 spiro atoms. The number of nitrogens with one attached hydrogen (secondary N) is 1. The lowest BCUT2D eigenvalue weighted by molar-refractivity contribution is -0.119. The van der Waals surface area contributed by atoms with Gasteiger partial charge in [0.2, 0.25) is 0 Å². The molecule has 0 atom stereocenters. The number of halogens is 2. The van der Waals surface area contributed by atoms with E-state index in [1.807, 2.05) is 36.4 Å². The standard InChI is InChI=1S/C17H18BrClN2O3/c1-23-15-7-11(6-13(18)17(15)24-10-16(20)22)8-21-9-12-4-2-3-5-14(12)19/h2-7,21H,8-10H2,1H3,(H2,20,22). The van der Waals surface area contributed by atoms with E-state index in [0.29, 0.717) is 29.1 Å². The Morgan fingerprint density at radius 3 is 2.71 bits per heavy atom. The van der Waals surface area contributed by atoms with Crippen LogP contribution in [-0.4, -0.2) is 19.6 Å². The summed E-state index contributed by atoms with van der Waals surface area (Å²) in [6, 6.07) is 11.4. The molecule has 0 bridgehead atoms. The third kappa shape index (κ3) is 5.12. The molecule has 128 valence electrons. The highest BCUT2D eigenvalue weighted by Gasteiger charge is 2.12. The highest BCUT2D eigenvalue weighted by atomic mass is 79.9. The Bertz CT molecular complexity index is 725. The monoisotopic (exact) mass is 412 g/mol. The van der Waals surface area contributed by atoms with Crippen LogP contribution < -0.4 is 20.5 Å². The largest absolute Gasteiger partial charge is 0.493 e. The first-order chi connectivity index (χ1) is 11.5. The van der Waals surface area contributed by atoms with Crippen LogP contribution in [0, 0.1) is 0 Å². The van der Waals surface area contributed by atoms with Crippen LogP contribution in [0.15, 0.2) is 40.9 Å². The van der Waals surface area contributed by atoms with Gasteiger partial charge in [-0.25, -0.2) is 0 Å². The number of carbonyl (C=O) groups is 1. The fourth-order valence-corrected chi connectivity index (χ4v) is 2.95. The molecule has 2 aromatic rings. The average molecular weight is 414 g/mol. The molecule has 1 amide bonds. The average Bonchev–Trinajstić information content (AvgIpc) is 2.55. The number of carbonyl (C=O) groups excluding carboxylic acids is 1. The summed E-state index contributed by atoms with van der Waals surface area (Å²) < 4.78 is 11.4. The number of ether oxygens (including phenoxy) is 2. The smallest absolute Gasteiger partial charge is 0.255 e. The topological polar surface area (TPSA) is 73.6 Å². The Morgan fingerprint density at radius 1 is 1.29 bits per heavy atom. The quantitative estimate of drug-likeness (QED) is 0.696. The maximum Gasteiger partial charge on any atom is 0.255 e. The van der Waals surface area contributed by atoms with E-state index >= 15 is 0 Å². The second-order valence-electron chi connectivity index (χ2n) is 5.06. The zero-order chi connectivity index (χ0) is 17.5. The van der Waals surface area contributed by atoms with Crippen molar-refractivity contribution in [2.45, 2.75) is 13.1 Å². The number of rotatable bonds is 8. The van der Waals surface area contributed by atoms with E-state index in [1.165, 1.54) is 0 Å². The van der Waals surface area contributed by atoms with Crippen LogP contribution in [0.2, 0.25) is 5.02 Å². The maximum atomic E-state index is 10.9. The maximum absolute atomic E-state index is 10.9. The lowest BCUT2D eigenvalue weighted by Gasteiger charge is -2.14. The molecule has 0 heterocycles. The summed E-state index contributed by atoms with van der Waals surface area (Å²) in [7, 11) is 1.54. The number of methoxy groups -OCH3 is 1. The van der Waals surface area contributed by atoms with Crippen molar-refractivity contribution in [2.75, 3.05) is 13.7 Å². The van der Waals surface area contributed by atoms with E-state index in [4.69, 9.17) is 26.8 Å². The minimum Gasteiger partial charge on any atom is -0.493 e. The molecule has 0 saturated carbocycles. The van der Waals surface area contributed by atoms with E-state index in [9.17, 15) is 4.79 Å². The van der Waals surface area contributed by atoms with E-state index in [1.54, 1.807) is 7.11 Å². The first kappa shape index (κ1) is 18.6. The molecule has 0 saturated heterocycles. The van der Waals surface area contributed by atoms with Crippen molar-refractivity contribution in [3.63, 3.8) is 0 Å². The summed E-state index contributed by atoms with van der Waals surface area (Å²) in [6.07, 6.45) is 0. The van der Waals surface area contributed by atoms with E-state index in [2.05, 4.69) is 21.2 Å². The van der Waals surface area contributed by atoms with Gasteiger partial charge in [0.25, 0.3) is 5.91 Å². The highest BCUT2D eigenvalue weighted by molar-refractivity contribution is 9.10. The number of benzene rings is 2. The van der Waals surface area contributed by atoms with Gasteiger partial charge in [-0.05, 0) is 45.3 Å². The van der Waals surface area contributed by atoms with Gasteiger partial charge in [0.1, 0.15) is 0 Å². The van der Waals surface area contributed by atoms with Crippen molar-refractivity contribution in [3.8, 4) is 11.5 Å². The molecule has 0 aliphatic rings. The van der Waals surface area contributed by atoms with Gasteiger partial charge in [-0.1, -0.05) is 29.8 Å². The molecule has 2 rings (SSSR count). The molecule has 5 nitrogen and oxygen atoms in total. The normalized spacial score (nSPS) is 10.5. The van der Waals surface area contributed by atoms with Crippen LogP contribution in [0.5, 0.6) is 11.5 Å². The van der Waals surface area contributed by atoms with Crippen molar-refractivity contribution in [1.29, 1.82) is 0 Å².